The molecule has 0 saturated heterocycles. The number of fused-ring (bicyclic) bond motifs is 1. The van der Waals surface area contributed by atoms with Gasteiger partial charge in [0.05, 0.1) is 5.39 Å². The van der Waals surface area contributed by atoms with E-state index >= 15 is 0 Å². The molecular weight excluding hydrogens is 278 g/mol. The average molecular weight is 292 g/mol. The van der Waals surface area contributed by atoms with Crippen molar-refractivity contribution in [2.45, 2.75) is 20.3 Å². The van der Waals surface area contributed by atoms with Crippen LogP contribution < -0.4 is 5.43 Å². The molecule has 2 aromatic rings. The van der Waals surface area contributed by atoms with E-state index in [1.807, 2.05) is 13.0 Å². The van der Waals surface area contributed by atoms with Gasteiger partial charge in [0.25, 0.3) is 0 Å². The van der Waals surface area contributed by atoms with E-state index in [9.17, 15) is 18.7 Å². The number of rotatable bonds is 3. The van der Waals surface area contributed by atoms with E-state index in [2.05, 4.69) is 0 Å². The molecule has 0 spiro atoms. The Bertz CT molecular complexity index is 801. The molecule has 21 heavy (non-hydrogen) atoms. The second kappa shape index (κ2) is 5.91. The van der Waals surface area contributed by atoms with Gasteiger partial charge < -0.3 is 9.52 Å². The number of hydrogen-bond donors (Lipinski definition) is 1. The van der Waals surface area contributed by atoms with Crippen molar-refractivity contribution in [3.8, 4) is 5.75 Å². The van der Waals surface area contributed by atoms with Gasteiger partial charge in [-0.3, -0.25) is 4.79 Å². The zero-order chi connectivity index (χ0) is 15.6. The van der Waals surface area contributed by atoms with Crippen LogP contribution in [0.25, 0.3) is 16.5 Å². The van der Waals surface area contributed by atoms with Gasteiger partial charge in [0, 0.05) is 11.6 Å². The Morgan fingerprint density at radius 1 is 1.38 bits per heavy atom. The van der Waals surface area contributed by atoms with Gasteiger partial charge in [0.1, 0.15) is 5.76 Å². The summed E-state index contributed by atoms with van der Waals surface area (Å²) in [6.45, 7) is 3.70. The van der Waals surface area contributed by atoms with Gasteiger partial charge in [-0.1, -0.05) is 25.2 Å². The fourth-order valence-electron chi connectivity index (χ4n) is 2.00. The molecule has 110 valence electrons. The second-order valence-corrected chi connectivity index (χ2v) is 4.44. The van der Waals surface area contributed by atoms with Gasteiger partial charge in [0.15, 0.2) is 22.6 Å². The van der Waals surface area contributed by atoms with Crippen molar-refractivity contribution in [2.24, 2.45) is 0 Å². The first-order valence-corrected chi connectivity index (χ1v) is 6.47. The maximum Gasteiger partial charge on any atom is 0.211 e. The standard InChI is InChI=1S/C16H14F2O3/c1-3-5-9(6-4-2)13-8-12(19)10-7-11(17)15(20)14(18)16(10)21-13/h3,5-8,20H,4H2,1-2H3/b5-3-,9-6+. The second-order valence-electron chi connectivity index (χ2n) is 4.44. The number of aromatic hydroxyl groups is 1. The molecule has 1 heterocycles. The van der Waals surface area contributed by atoms with Gasteiger partial charge in [-0.05, 0) is 19.4 Å². The van der Waals surface area contributed by atoms with Crippen LogP contribution in [0, 0.1) is 11.6 Å². The van der Waals surface area contributed by atoms with E-state index < -0.39 is 28.4 Å². The van der Waals surface area contributed by atoms with Crippen LogP contribution in [-0.4, -0.2) is 5.11 Å². The number of benzene rings is 1. The van der Waals surface area contributed by atoms with Gasteiger partial charge in [-0.15, -0.1) is 0 Å². The Morgan fingerprint density at radius 3 is 2.71 bits per heavy atom. The Hall–Kier alpha value is -2.43. The summed E-state index contributed by atoms with van der Waals surface area (Å²) in [5, 5.41) is 9.04. The molecule has 0 unspecified atom stereocenters. The summed E-state index contributed by atoms with van der Waals surface area (Å²) in [5.74, 6) is -3.47. The predicted octanol–water partition coefficient (Wildman–Crippen LogP) is 4.15. The maximum atomic E-state index is 13.9. The van der Waals surface area contributed by atoms with Gasteiger partial charge >= 0.3 is 0 Å². The number of halogens is 2. The van der Waals surface area contributed by atoms with Crippen LogP contribution in [0.2, 0.25) is 0 Å². The van der Waals surface area contributed by atoms with Crippen molar-refractivity contribution in [1.29, 1.82) is 0 Å². The first-order chi connectivity index (χ1) is 9.99. The lowest BCUT2D eigenvalue weighted by Gasteiger charge is -2.06. The van der Waals surface area contributed by atoms with Crippen molar-refractivity contribution in [3.63, 3.8) is 0 Å². The van der Waals surface area contributed by atoms with Crippen LogP contribution in [0.15, 0.2) is 39.6 Å². The smallest absolute Gasteiger partial charge is 0.211 e. The van der Waals surface area contributed by atoms with E-state index in [0.29, 0.717) is 12.0 Å². The van der Waals surface area contributed by atoms with Crippen molar-refractivity contribution in [2.75, 3.05) is 0 Å². The van der Waals surface area contributed by atoms with Crippen LogP contribution in [-0.2, 0) is 0 Å². The lowest BCUT2D eigenvalue weighted by molar-refractivity contribution is 0.393. The zero-order valence-electron chi connectivity index (χ0n) is 11.6. The Kier molecular flexibility index (Phi) is 4.21. The quantitative estimate of drug-likeness (QED) is 0.865. The number of phenols is 1. The minimum Gasteiger partial charge on any atom is -0.503 e. The highest BCUT2D eigenvalue weighted by Gasteiger charge is 2.18. The Balaban J connectivity index is 2.81. The number of allylic oxidation sites excluding steroid dienone is 4. The molecule has 3 nitrogen and oxygen atoms in total. The monoisotopic (exact) mass is 292 g/mol. The molecule has 0 amide bonds. The molecule has 1 aromatic carbocycles. The maximum absolute atomic E-state index is 13.9. The molecule has 0 atom stereocenters. The molecule has 0 aliphatic rings. The normalized spacial score (nSPS) is 12.5. The van der Waals surface area contributed by atoms with Crippen LogP contribution >= 0.6 is 0 Å². The highest BCUT2D eigenvalue weighted by atomic mass is 19.1. The van der Waals surface area contributed by atoms with E-state index in [1.54, 1.807) is 19.1 Å². The summed E-state index contributed by atoms with van der Waals surface area (Å²) in [4.78, 5) is 12.0. The third-order valence-electron chi connectivity index (χ3n) is 2.94. The van der Waals surface area contributed by atoms with Gasteiger partial charge in [-0.2, -0.15) is 4.39 Å². The predicted molar refractivity (Wildman–Crippen MR) is 77.1 cm³/mol. The van der Waals surface area contributed by atoms with E-state index in [4.69, 9.17) is 4.42 Å². The van der Waals surface area contributed by atoms with Crippen LogP contribution in [0.5, 0.6) is 5.75 Å². The molecule has 0 aliphatic carbocycles. The first-order valence-electron chi connectivity index (χ1n) is 6.47. The van der Waals surface area contributed by atoms with Gasteiger partial charge in [0.2, 0.25) is 5.82 Å². The fraction of sp³-hybridized carbons (Fsp3) is 0.188. The number of phenolic OH excluding ortho intramolecular Hbond substituents is 1. The van der Waals surface area contributed by atoms with Crippen LogP contribution in [0.3, 0.4) is 0 Å². The van der Waals surface area contributed by atoms with E-state index in [0.717, 1.165) is 6.07 Å². The highest BCUT2D eigenvalue weighted by Crippen LogP contribution is 2.29. The average Bonchev–Trinajstić information content (AvgIpc) is 2.46. The third kappa shape index (κ3) is 2.72. The molecule has 0 bridgehead atoms. The largest absolute Gasteiger partial charge is 0.503 e. The Labute approximate surface area is 119 Å². The molecular formula is C16H14F2O3. The fourth-order valence-corrected chi connectivity index (χ4v) is 2.00. The molecule has 5 heteroatoms. The molecule has 1 aromatic heterocycles. The summed E-state index contributed by atoms with van der Waals surface area (Å²) in [5.41, 5.74) is -0.416. The third-order valence-corrected chi connectivity index (χ3v) is 2.94. The summed E-state index contributed by atoms with van der Waals surface area (Å²) in [7, 11) is 0. The molecule has 0 saturated carbocycles. The number of hydrogen-bond acceptors (Lipinski definition) is 3. The van der Waals surface area contributed by atoms with Crippen LogP contribution in [0.1, 0.15) is 26.0 Å². The van der Waals surface area contributed by atoms with E-state index in [-0.39, 0.29) is 11.1 Å². The molecule has 0 radical (unpaired) electrons. The topological polar surface area (TPSA) is 50.4 Å². The lowest BCUT2D eigenvalue weighted by atomic mass is 10.1. The molecule has 0 fully saturated rings. The Morgan fingerprint density at radius 2 is 2.10 bits per heavy atom. The molecule has 2 rings (SSSR count). The molecule has 1 N–H and O–H groups in total. The SMILES string of the molecule is C/C=C\C(=C/CC)c1cc(=O)c2cc(F)c(O)c(F)c2o1. The van der Waals surface area contributed by atoms with Crippen molar-refractivity contribution in [3.05, 3.63) is 58.0 Å². The molecule has 0 aliphatic heterocycles. The van der Waals surface area contributed by atoms with Crippen molar-refractivity contribution in [1.82, 2.24) is 0 Å². The summed E-state index contributed by atoms with van der Waals surface area (Å²) < 4.78 is 32.5. The summed E-state index contributed by atoms with van der Waals surface area (Å²) in [6, 6.07) is 1.95. The highest BCUT2D eigenvalue weighted by molar-refractivity contribution is 5.81. The van der Waals surface area contributed by atoms with Gasteiger partial charge in [-0.25, -0.2) is 4.39 Å². The minimum absolute atomic E-state index is 0.164. The van der Waals surface area contributed by atoms with Crippen LogP contribution in [0.4, 0.5) is 8.78 Å². The zero-order valence-corrected chi connectivity index (χ0v) is 11.6. The summed E-state index contributed by atoms with van der Waals surface area (Å²) >= 11 is 0. The lowest BCUT2D eigenvalue weighted by Crippen LogP contribution is -2.04. The van der Waals surface area contributed by atoms with Crippen molar-refractivity contribution >= 4 is 16.5 Å². The summed E-state index contributed by atoms with van der Waals surface area (Å²) in [6.07, 6.45) is 5.98. The van der Waals surface area contributed by atoms with E-state index in [1.165, 1.54) is 6.07 Å². The van der Waals surface area contributed by atoms with Crippen molar-refractivity contribution < 1.29 is 18.3 Å². The first kappa shape index (κ1) is 15.0. The minimum atomic E-state index is -1.28.